The fraction of sp³-hybridized carbons (Fsp3) is 0.636. The summed E-state index contributed by atoms with van der Waals surface area (Å²) in [6.45, 7) is 8.83. The van der Waals surface area contributed by atoms with Gasteiger partial charge in [-0.15, -0.1) is 0 Å². The molecule has 2 heterocycles. The van der Waals surface area contributed by atoms with E-state index in [9.17, 15) is 18.0 Å². The highest BCUT2D eigenvalue weighted by molar-refractivity contribution is 7.89. The molecule has 172 valence electrons. The van der Waals surface area contributed by atoms with Crippen LogP contribution in [0.5, 0.6) is 0 Å². The molecular formula is C22H34N4O4S. The number of nitrogens with one attached hydrogen (secondary N) is 2. The van der Waals surface area contributed by atoms with Gasteiger partial charge in [0, 0.05) is 49.9 Å². The Balaban J connectivity index is 1.67. The second kappa shape index (κ2) is 8.18. The smallest absolute Gasteiger partial charge is 0.242 e. The van der Waals surface area contributed by atoms with E-state index in [1.54, 1.807) is 17.0 Å². The summed E-state index contributed by atoms with van der Waals surface area (Å²) in [6, 6.07) is 6.27. The Bertz CT molecular complexity index is 938. The first-order valence-electron chi connectivity index (χ1n) is 10.6. The van der Waals surface area contributed by atoms with E-state index in [0.717, 1.165) is 17.1 Å². The number of carbonyl (C=O) groups is 2. The molecule has 1 aromatic rings. The molecule has 0 aromatic heterocycles. The Morgan fingerprint density at radius 2 is 1.65 bits per heavy atom. The van der Waals surface area contributed by atoms with Crippen LogP contribution in [0.3, 0.4) is 0 Å². The van der Waals surface area contributed by atoms with E-state index in [4.69, 9.17) is 0 Å². The molecule has 0 radical (unpaired) electrons. The van der Waals surface area contributed by atoms with Gasteiger partial charge in [0.25, 0.3) is 0 Å². The Hall–Kier alpha value is -1.97. The van der Waals surface area contributed by atoms with E-state index in [0.29, 0.717) is 12.2 Å². The van der Waals surface area contributed by atoms with Crippen LogP contribution in [0.1, 0.15) is 47.0 Å². The molecule has 1 atom stereocenters. The lowest BCUT2D eigenvalue weighted by Crippen LogP contribution is -2.62. The molecule has 2 amide bonds. The summed E-state index contributed by atoms with van der Waals surface area (Å²) in [5.41, 5.74) is 0.444. The normalized spacial score (nSPS) is 23.9. The molecule has 2 aliphatic heterocycles. The topological polar surface area (TPSA) is 98.8 Å². The van der Waals surface area contributed by atoms with Crippen LogP contribution in [-0.2, 0) is 19.6 Å². The van der Waals surface area contributed by atoms with Crippen LogP contribution in [-0.4, -0.2) is 62.3 Å². The summed E-state index contributed by atoms with van der Waals surface area (Å²) in [6.07, 6.45) is 1.81. The van der Waals surface area contributed by atoms with Crippen molar-refractivity contribution in [3.8, 4) is 0 Å². The predicted octanol–water partition coefficient (Wildman–Crippen LogP) is 1.72. The van der Waals surface area contributed by atoms with Crippen LogP contribution in [0, 0.1) is 5.92 Å². The molecule has 31 heavy (non-hydrogen) atoms. The zero-order chi connectivity index (χ0) is 23.2. The highest BCUT2D eigenvalue weighted by atomic mass is 32.2. The maximum absolute atomic E-state index is 12.9. The average Bonchev–Trinajstić information content (AvgIpc) is 3.01. The monoisotopic (exact) mass is 450 g/mol. The summed E-state index contributed by atoms with van der Waals surface area (Å²) >= 11 is 0. The molecule has 2 fully saturated rings. The molecule has 0 spiro atoms. The SMILES string of the molecule is CN(C)S(=O)(=O)c1ccc(N2C[C@H](C(=O)NC3CC(C)(C)NC(C)(C)C3)CC2=O)cc1. The van der Waals surface area contributed by atoms with E-state index in [2.05, 4.69) is 38.3 Å². The van der Waals surface area contributed by atoms with Crippen molar-refractivity contribution in [2.24, 2.45) is 5.92 Å². The van der Waals surface area contributed by atoms with Crippen molar-refractivity contribution in [2.45, 2.75) is 69.0 Å². The zero-order valence-electron chi connectivity index (χ0n) is 19.2. The first-order valence-corrected chi connectivity index (χ1v) is 12.1. The second-order valence-corrected chi connectivity index (χ2v) is 12.3. The molecule has 2 saturated heterocycles. The molecule has 1 aromatic carbocycles. The van der Waals surface area contributed by atoms with E-state index in [1.807, 2.05) is 0 Å². The Morgan fingerprint density at radius 3 is 2.16 bits per heavy atom. The summed E-state index contributed by atoms with van der Waals surface area (Å²) < 4.78 is 25.6. The van der Waals surface area contributed by atoms with Gasteiger partial charge in [-0.05, 0) is 64.8 Å². The van der Waals surface area contributed by atoms with E-state index in [1.165, 1.54) is 26.2 Å². The molecule has 9 heteroatoms. The lowest BCUT2D eigenvalue weighted by atomic mass is 9.79. The number of anilines is 1. The van der Waals surface area contributed by atoms with Crippen LogP contribution in [0.25, 0.3) is 0 Å². The van der Waals surface area contributed by atoms with E-state index < -0.39 is 15.9 Å². The fourth-order valence-electron chi connectivity index (χ4n) is 4.88. The quantitative estimate of drug-likeness (QED) is 0.712. The second-order valence-electron chi connectivity index (χ2n) is 10.2. The van der Waals surface area contributed by atoms with Crippen LogP contribution in [0.2, 0.25) is 0 Å². The van der Waals surface area contributed by atoms with Gasteiger partial charge in [0.05, 0.1) is 10.8 Å². The molecule has 8 nitrogen and oxygen atoms in total. The van der Waals surface area contributed by atoms with Gasteiger partial charge in [-0.1, -0.05) is 0 Å². The summed E-state index contributed by atoms with van der Waals surface area (Å²) in [5.74, 6) is -0.644. The number of sulfonamides is 1. The first kappa shape index (κ1) is 23.7. The number of nitrogens with zero attached hydrogens (tertiary/aromatic N) is 2. The molecule has 2 aliphatic rings. The average molecular weight is 451 g/mol. The third kappa shape index (κ3) is 5.27. The van der Waals surface area contributed by atoms with Crippen molar-refractivity contribution in [1.82, 2.24) is 14.9 Å². The van der Waals surface area contributed by atoms with Crippen LogP contribution >= 0.6 is 0 Å². The van der Waals surface area contributed by atoms with Gasteiger partial charge in [-0.3, -0.25) is 9.59 Å². The van der Waals surface area contributed by atoms with Crippen molar-refractivity contribution in [2.75, 3.05) is 25.5 Å². The first-order chi connectivity index (χ1) is 14.2. The fourth-order valence-corrected chi connectivity index (χ4v) is 5.79. The Morgan fingerprint density at radius 1 is 1.10 bits per heavy atom. The van der Waals surface area contributed by atoms with Gasteiger partial charge in [-0.25, -0.2) is 12.7 Å². The van der Waals surface area contributed by atoms with Gasteiger partial charge < -0.3 is 15.5 Å². The third-order valence-corrected chi connectivity index (χ3v) is 7.79. The summed E-state index contributed by atoms with van der Waals surface area (Å²) in [5, 5.41) is 6.77. The number of carbonyl (C=O) groups excluding carboxylic acids is 2. The Labute approximate surface area is 185 Å². The van der Waals surface area contributed by atoms with Crippen molar-refractivity contribution < 1.29 is 18.0 Å². The molecule has 2 N–H and O–H groups in total. The van der Waals surface area contributed by atoms with E-state index in [-0.39, 0.29) is 40.3 Å². The highest BCUT2D eigenvalue weighted by Crippen LogP contribution is 2.30. The predicted molar refractivity (Wildman–Crippen MR) is 120 cm³/mol. The molecule has 0 bridgehead atoms. The number of benzene rings is 1. The number of rotatable bonds is 5. The largest absolute Gasteiger partial charge is 0.353 e. The van der Waals surface area contributed by atoms with Crippen molar-refractivity contribution in [1.29, 1.82) is 0 Å². The minimum atomic E-state index is -3.53. The summed E-state index contributed by atoms with van der Waals surface area (Å²) in [7, 11) is -0.583. The number of hydrogen-bond acceptors (Lipinski definition) is 5. The van der Waals surface area contributed by atoms with Crippen molar-refractivity contribution in [3.63, 3.8) is 0 Å². The molecular weight excluding hydrogens is 416 g/mol. The highest BCUT2D eigenvalue weighted by Gasteiger charge is 2.40. The van der Waals surface area contributed by atoms with Gasteiger partial charge in [0.15, 0.2) is 0 Å². The standard InChI is InChI=1S/C22H34N4O4S/c1-21(2)12-16(13-22(3,4)24-21)23-20(28)15-11-19(27)26(14-15)17-7-9-18(10-8-17)31(29,30)25(5)6/h7-10,15-16,24H,11-14H2,1-6H3,(H,23,28)/t15-/m1/s1. The van der Waals surface area contributed by atoms with Crippen molar-refractivity contribution in [3.05, 3.63) is 24.3 Å². The van der Waals surface area contributed by atoms with Crippen molar-refractivity contribution >= 4 is 27.5 Å². The summed E-state index contributed by atoms with van der Waals surface area (Å²) in [4.78, 5) is 27.2. The number of amides is 2. The van der Waals surface area contributed by atoms with Gasteiger partial charge in [0.2, 0.25) is 21.8 Å². The minimum Gasteiger partial charge on any atom is -0.353 e. The third-order valence-electron chi connectivity index (χ3n) is 5.96. The molecule has 0 unspecified atom stereocenters. The lowest BCUT2D eigenvalue weighted by Gasteiger charge is -2.46. The van der Waals surface area contributed by atoms with Gasteiger partial charge >= 0.3 is 0 Å². The van der Waals surface area contributed by atoms with Crippen LogP contribution < -0.4 is 15.5 Å². The maximum atomic E-state index is 12.9. The van der Waals surface area contributed by atoms with Crippen LogP contribution in [0.4, 0.5) is 5.69 Å². The van der Waals surface area contributed by atoms with Gasteiger partial charge in [0.1, 0.15) is 0 Å². The molecule has 3 rings (SSSR count). The maximum Gasteiger partial charge on any atom is 0.242 e. The number of piperidine rings is 1. The lowest BCUT2D eigenvalue weighted by molar-refractivity contribution is -0.127. The molecule has 0 aliphatic carbocycles. The minimum absolute atomic E-state index is 0.0541. The van der Waals surface area contributed by atoms with E-state index >= 15 is 0 Å². The van der Waals surface area contributed by atoms with Crippen LogP contribution in [0.15, 0.2) is 29.2 Å². The van der Waals surface area contributed by atoms with Gasteiger partial charge in [-0.2, -0.15) is 0 Å². The number of hydrogen-bond donors (Lipinski definition) is 2. The Kier molecular flexibility index (Phi) is 6.25. The molecule has 0 saturated carbocycles. The zero-order valence-corrected chi connectivity index (χ0v) is 20.0.